The SMILES string of the molecule is C[C@H](NS(=O)(=O)c1ccc(N2CCCCC2)c(C(=O)O)c1)c1ccccc1. The van der Waals surface area contributed by atoms with E-state index in [0.717, 1.165) is 37.9 Å². The van der Waals surface area contributed by atoms with Crippen LogP contribution in [0.1, 0.15) is 48.1 Å². The van der Waals surface area contributed by atoms with Crippen molar-refractivity contribution in [2.45, 2.75) is 37.1 Å². The molecule has 1 aliphatic heterocycles. The zero-order valence-electron chi connectivity index (χ0n) is 15.3. The molecule has 6 nitrogen and oxygen atoms in total. The maximum absolute atomic E-state index is 12.8. The number of carboxylic acids is 1. The van der Waals surface area contributed by atoms with E-state index in [1.807, 2.05) is 35.2 Å². The normalized spacial score (nSPS) is 16.1. The summed E-state index contributed by atoms with van der Waals surface area (Å²) in [4.78, 5) is 13.7. The van der Waals surface area contributed by atoms with Gasteiger partial charge in [-0.05, 0) is 49.9 Å². The summed E-state index contributed by atoms with van der Waals surface area (Å²) in [5.74, 6) is -1.12. The maximum Gasteiger partial charge on any atom is 0.337 e. The fourth-order valence-electron chi connectivity index (χ4n) is 3.37. The molecule has 27 heavy (non-hydrogen) atoms. The number of hydrogen-bond donors (Lipinski definition) is 2. The van der Waals surface area contributed by atoms with E-state index in [0.29, 0.717) is 5.69 Å². The zero-order chi connectivity index (χ0) is 19.4. The predicted octanol–water partition coefficient (Wildman–Crippen LogP) is 3.41. The van der Waals surface area contributed by atoms with Crippen molar-refractivity contribution in [1.29, 1.82) is 0 Å². The molecule has 2 aromatic rings. The van der Waals surface area contributed by atoms with Crippen molar-refractivity contribution in [3.05, 3.63) is 59.7 Å². The van der Waals surface area contributed by atoms with Crippen molar-refractivity contribution in [3.63, 3.8) is 0 Å². The third-order valence-corrected chi connectivity index (χ3v) is 6.38. The second-order valence-electron chi connectivity index (χ2n) is 6.79. The molecule has 144 valence electrons. The van der Waals surface area contributed by atoms with E-state index >= 15 is 0 Å². The molecule has 1 aliphatic rings. The zero-order valence-corrected chi connectivity index (χ0v) is 16.1. The van der Waals surface area contributed by atoms with Gasteiger partial charge in [-0.2, -0.15) is 0 Å². The smallest absolute Gasteiger partial charge is 0.337 e. The van der Waals surface area contributed by atoms with Gasteiger partial charge in [0.1, 0.15) is 0 Å². The number of carboxylic acid groups (broad SMARTS) is 1. The van der Waals surface area contributed by atoms with E-state index < -0.39 is 22.0 Å². The molecule has 0 radical (unpaired) electrons. The van der Waals surface area contributed by atoms with Gasteiger partial charge in [-0.15, -0.1) is 0 Å². The lowest BCUT2D eigenvalue weighted by molar-refractivity contribution is 0.0697. The first kappa shape index (κ1) is 19.4. The second-order valence-corrected chi connectivity index (χ2v) is 8.50. The van der Waals surface area contributed by atoms with Gasteiger partial charge in [0.25, 0.3) is 0 Å². The van der Waals surface area contributed by atoms with Gasteiger partial charge in [-0.3, -0.25) is 0 Å². The Bertz CT molecular complexity index is 907. The highest BCUT2D eigenvalue weighted by Crippen LogP contribution is 2.27. The molecule has 2 N–H and O–H groups in total. The summed E-state index contributed by atoms with van der Waals surface area (Å²) >= 11 is 0. The lowest BCUT2D eigenvalue weighted by Crippen LogP contribution is -2.31. The van der Waals surface area contributed by atoms with Crippen LogP contribution < -0.4 is 9.62 Å². The van der Waals surface area contributed by atoms with Gasteiger partial charge >= 0.3 is 5.97 Å². The summed E-state index contributed by atoms with van der Waals surface area (Å²) in [7, 11) is -3.84. The molecule has 0 unspecified atom stereocenters. The molecule has 7 heteroatoms. The molecule has 1 saturated heterocycles. The Balaban J connectivity index is 1.89. The van der Waals surface area contributed by atoms with Gasteiger partial charge in [0.2, 0.25) is 10.0 Å². The van der Waals surface area contributed by atoms with Crippen molar-refractivity contribution < 1.29 is 18.3 Å². The van der Waals surface area contributed by atoms with E-state index in [-0.39, 0.29) is 10.5 Å². The monoisotopic (exact) mass is 388 g/mol. The number of sulfonamides is 1. The van der Waals surface area contributed by atoms with E-state index in [2.05, 4.69) is 4.72 Å². The number of carbonyl (C=O) groups is 1. The van der Waals surface area contributed by atoms with Crippen LogP contribution in [0.4, 0.5) is 5.69 Å². The first-order valence-corrected chi connectivity index (χ1v) is 10.6. The summed E-state index contributed by atoms with van der Waals surface area (Å²) in [6.07, 6.45) is 3.15. The fourth-order valence-corrected chi connectivity index (χ4v) is 4.63. The van der Waals surface area contributed by atoms with Gasteiger partial charge in [0.15, 0.2) is 0 Å². The van der Waals surface area contributed by atoms with Gasteiger partial charge < -0.3 is 10.0 Å². The van der Waals surface area contributed by atoms with Crippen LogP contribution in [-0.4, -0.2) is 32.6 Å². The van der Waals surface area contributed by atoms with Gasteiger partial charge in [0.05, 0.1) is 16.1 Å². The Hall–Kier alpha value is -2.38. The van der Waals surface area contributed by atoms with Crippen LogP contribution in [0.25, 0.3) is 0 Å². The van der Waals surface area contributed by atoms with Gasteiger partial charge in [-0.25, -0.2) is 17.9 Å². The summed E-state index contributed by atoms with van der Waals surface area (Å²) < 4.78 is 28.1. The highest BCUT2D eigenvalue weighted by atomic mass is 32.2. The van der Waals surface area contributed by atoms with Gasteiger partial charge in [-0.1, -0.05) is 30.3 Å². The van der Waals surface area contributed by atoms with Crippen LogP contribution >= 0.6 is 0 Å². The number of rotatable bonds is 6. The van der Waals surface area contributed by atoms with E-state index in [4.69, 9.17) is 0 Å². The average Bonchev–Trinajstić information content (AvgIpc) is 2.68. The molecule has 0 saturated carbocycles. The average molecular weight is 388 g/mol. The Morgan fingerprint density at radius 2 is 1.74 bits per heavy atom. The molecule has 3 rings (SSSR count). The first-order valence-electron chi connectivity index (χ1n) is 9.08. The minimum Gasteiger partial charge on any atom is -0.478 e. The van der Waals surface area contributed by atoms with Crippen molar-refractivity contribution in [3.8, 4) is 0 Å². The Labute approximate surface area is 159 Å². The molecule has 0 aromatic heterocycles. The van der Waals surface area contributed by atoms with Crippen molar-refractivity contribution >= 4 is 21.7 Å². The topological polar surface area (TPSA) is 86.7 Å². The number of benzene rings is 2. The maximum atomic E-state index is 12.8. The van der Waals surface area contributed by atoms with Crippen LogP contribution in [0.15, 0.2) is 53.4 Å². The quantitative estimate of drug-likeness (QED) is 0.792. The molecule has 0 spiro atoms. The fraction of sp³-hybridized carbons (Fsp3) is 0.350. The largest absolute Gasteiger partial charge is 0.478 e. The minimum absolute atomic E-state index is 0.0205. The molecule has 1 atom stereocenters. The molecule has 1 fully saturated rings. The van der Waals surface area contributed by atoms with Crippen LogP contribution in [0.2, 0.25) is 0 Å². The van der Waals surface area contributed by atoms with Crippen LogP contribution in [0.3, 0.4) is 0 Å². The van der Waals surface area contributed by atoms with Crippen LogP contribution in [-0.2, 0) is 10.0 Å². The predicted molar refractivity (Wildman–Crippen MR) is 105 cm³/mol. The molecular weight excluding hydrogens is 364 g/mol. The molecule has 0 bridgehead atoms. The summed E-state index contributed by atoms with van der Waals surface area (Å²) in [5, 5.41) is 9.60. The number of nitrogens with zero attached hydrogens (tertiary/aromatic N) is 1. The molecule has 2 aromatic carbocycles. The Kier molecular flexibility index (Phi) is 5.82. The van der Waals surface area contributed by atoms with Crippen LogP contribution in [0, 0.1) is 0 Å². The standard InChI is InChI=1S/C20H24N2O4S/c1-15(16-8-4-2-5-9-16)21-27(25,26)17-10-11-19(18(14-17)20(23)24)22-12-6-3-7-13-22/h2,4-5,8-11,14-15,21H,3,6-7,12-13H2,1H3,(H,23,24)/t15-/m0/s1. The lowest BCUT2D eigenvalue weighted by atomic mass is 10.1. The van der Waals surface area contributed by atoms with Gasteiger partial charge in [0, 0.05) is 19.1 Å². The van der Waals surface area contributed by atoms with E-state index in [9.17, 15) is 18.3 Å². The third-order valence-electron chi connectivity index (χ3n) is 4.84. The van der Waals surface area contributed by atoms with E-state index in [1.54, 1.807) is 13.0 Å². The summed E-state index contributed by atoms with van der Waals surface area (Å²) in [5.41, 5.74) is 1.44. The molecule has 0 amide bonds. The number of nitrogens with one attached hydrogen (secondary N) is 1. The number of piperidine rings is 1. The Morgan fingerprint density at radius 1 is 1.07 bits per heavy atom. The Morgan fingerprint density at radius 3 is 2.37 bits per heavy atom. The summed E-state index contributed by atoms with van der Waals surface area (Å²) in [6, 6.07) is 13.2. The highest BCUT2D eigenvalue weighted by molar-refractivity contribution is 7.89. The molecular formula is C20H24N2O4S. The van der Waals surface area contributed by atoms with Crippen molar-refractivity contribution in [2.24, 2.45) is 0 Å². The minimum atomic E-state index is -3.84. The van der Waals surface area contributed by atoms with Crippen molar-refractivity contribution in [1.82, 2.24) is 4.72 Å². The second kappa shape index (κ2) is 8.10. The molecule has 1 heterocycles. The van der Waals surface area contributed by atoms with E-state index in [1.165, 1.54) is 12.1 Å². The summed E-state index contributed by atoms with van der Waals surface area (Å²) in [6.45, 7) is 3.33. The highest BCUT2D eigenvalue weighted by Gasteiger charge is 2.24. The number of hydrogen-bond acceptors (Lipinski definition) is 4. The first-order chi connectivity index (χ1) is 12.9. The number of anilines is 1. The lowest BCUT2D eigenvalue weighted by Gasteiger charge is -2.30. The van der Waals surface area contributed by atoms with Crippen LogP contribution in [0.5, 0.6) is 0 Å². The number of aromatic carboxylic acids is 1. The van der Waals surface area contributed by atoms with Crippen molar-refractivity contribution in [2.75, 3.05) is 18.0 Å². The third kappa shape index (κ3) is 4.48. The molecule has 0 aliphatic carbocycles.